The van der Waals surface area contributed by atoms with Crippen molar-refractivity contribution < 1.29 is 4.79 Å². The SMILES string of the molecule is C=Cc1cc(C(=O)NN)ccc1N=C. The highest BCUT2D eigenvalue weighted by molar-refractivity contribution is 5.95. The summed E-state index contributed by atoms with van der Waals surface area (Å²) in [5.74, 6) is 4.66. The number of carbonyl (C=O) groups is 1. The molecule has 0 saturated carbocycles. The maximum Gasteiger partial charge on any atom is 0.265 e. The number of aliphatic imine (C=N–C) groups is 1. The first-order chi connectivity index (χ1) is 6.72. The highest BCUT2D eigenvalue weighted by atomic mass is 16.2. The van der Waals surface area contributed by atoms with Gasteiger partial charge in [0.05, 0.1) is 5.69 Å². The Morgan fingerprint density at radius 3 is 2.79 bits per heavy atom. The normalized spacial score (nSPS) is 9.21. The van der Waals surface area contributed by atoms with Crippen LogP contribution in [0.25, 0.3) is 6.08 Å². The molecule has 0 radical (unpaired) electrons. The van der Waals surface area contributed by atoms with E-state index in [1.54, 1.807) is 24.3 Å². The number of hydrazine groups is 1. The van der Waals surface area contributed by atoms with Gasteiger partial charge in [-0.25, -0.2) is 5.84 Å². The van der Waals surface area contributed by atoms with Crippen molar-refractivity contribution in [3.63, 3.8) is 0 Å². The Bertz CT molecular complexity index is 385. The molecule has 0 unspecified atom stereocenters. The third-order valence-electron chi connectivity index (χ3n) is 1.81. The molecular weight excluding hydrogens is 178 g/mol. The summed E-state index contributed by atoms with van der Waals surface area (Å²) in [5.41, 5.74) is 3.96. The molecular formula is C10H11N3O. The number of nitrogen functional groups attached to an aromatic ring is 1. The lowest BCUT2D eigenvalue weighted by Crippen LogP contribution is -2.29. The predicted molar refractivity (Wildman–Crippen MR) is 57.4 cm³/mol. The molecule has 1 aromatic carbocycles. The number of rotatable bonds is 3. The fourth-order valence-electron chi connectivity index (χ4n) is 1.09. The molecule has 0 fully saturated rings. The van der Waals surface area contributed by atoms with Gasteiger partial charge in [-0.15, -0.1) is 0 Å². The van der Waals surface area contributed by atoms with Crippen LogP contribution in [0.1, 0.15) is 15.9 Å². The minimum absolute atomic E-state index is 0.344. The number of carbonyl (C=O) groups excluding carboxylic acids is 1. The molecule has 0 saturated heterocycles. The summed E-state index contributed by atoms with van der Waals surface area (Å²) in [7, 11) is 0. The van der Waals surface area contributed by atoms with Gasteiger partial charge in [-0.05, 0) is 24.9 Å². The molecule has 14 heavy (non-hydrogen) atoms. The average molecular weight is 189 g/mol. The van der Waals surface area contributed by atoms with Crippen molar-refractivity contribution in [3.8, 4) is 0 Å². The van der Waals surface area contributed by atoms with Crippen LogP contribution >= 0.6 is 0 Å². The van der Waals surface area contributed by atoms with Crippen molar-refractivity contribution >= 4 is 24.4 Å². The zero-order valence-electron chi connectivity index (χ0n) is 7.66. The molecule has 0 aliphatic rings. The fourth-order valence-corrected chi connectivity index (χ4v) is 1.09. The summed E-state index contributed by atoms with van der Waals surface area (Å²) in [6.45, 7) is 7.03. The highest BCUT2D eigenvalue weighted by Gasteiger charge is 2.05. The minimum Gasteiger partial charge on any atom is -0.290 e. The van der Waals surface area contributed by atoms with Crippen LogP contribution in [0.3, 0.4) is 0 Å². The maximum atomic E-state index is 11.2. The largest absolute Gasteiger partial charge is 0.290 e. The number of nitrogens with two attached hydrogens (primary N) is 1. The second-order valence-electron chi connectivity index (χ2n) is 2.61. The molecule has 4 nitrogen and oxygen atoms in total. The van der Waals surface area contributed by atoms with E-state index in [1.165, 1.54) is 0 Å². The molecule has 4 heteroatoms. The Hall–Kier alpha value is -1.94. The first kappa shape index (κ1) is 10.1. The van der Waals surface area contributed by atoms with Gasteiger partial charge in [-0.2, -0.15) is 0 Å². The van der Waals surface area contributed by atoms with Crippen molar-refractivity contribution in [2.45, 2.75) is 0 Å². The molecule has 72 valence electrons. The Balaban J connectivity index is 3.20. The van der Waals surface area contributed by atoms with Crippen LogP contribution in [0.15, 0.2) is 29.8 Å². The Morgan fingerprint density at radius 1 is 1.57 bits per heavy atom. The van der Waals surface area contributed by atoms with Crippen LogP contribution in [0.4, 0.5) is 5.69 Å². The highest BCUT2D eigenvalue weighted by Crippen LogP contribution is 2.20. The predicted octanol–water partition coefficient (Wildman–Crippen LogP) is 1.27. The van der Waals surface area contributed by atoms with E-state index in [1.807, 2.05) is 0 Å². The first-order valence-corrected chi connectivity index (χ1v) is 3.97. The lowest BCUT2D eigenvalue weighted by molar-refractivity contribution is 0.0953. The van der Waals surface area contributed by atoms with E-state index < -0.39 is 0 Å². The van der Waals surface area contributed by atoms with Crippen molar-refractivity contribution in [1.82, 2.24) is 5.43 Å². The van der Waals surface area contributed by atoms with Crippen LogP contribution in [0.2, 0.25) is 0 Å². The van der Waals surface area contributed by atoms with Gasteiger partial charge in [-0.3, -0.25) is 15.2 Å². The molecule has 1 rings (SSSR count). The monoisotopic (exact) mass is 189 g/mol. The number of amides is 1. The van der Waals surface area contributed by atoms with Gasteiger partial charge < -0.3 is 0 Å². The van der Waals surface area contributed by atoms with Crippen LogP contribution in [0.5, 0.6) is 0 Å². The third-order valence-corrected chi connectivity index (χ3v) is 1.81. The van der Waals surface area contributed by atoms with Crippen LogP contribution in [0, 0.1) is 0 Å². The van der Waals surface area contributed by atoms with E-state index in [0.717, 1.165) is 5.56 Å². The zero-order valence-corrected chi connectivity index (χ0v) is 7.66. The van der Waals surface area contributed by atoms with Crippen LogP contribution in [-0.4, -0.2) is 12.6 Å². The summed E-state index contributed by atoms with van der Waals surface area (Å²) in [4.78, 5) is 14.9. The smallest absolute Gasteiger partial charge is 0.265 e. The minimum atomic E-state index is -0.344. The van der Waals surface area contributed by atoms with Gasteiger partial charge >= 0.3 is 0 Å². The van der Waals surface area contributed by atoms with E-state index in [4.69, 9.17) is 5.84 Å². The number of hydrogen-bond acceptors (Lipinski definition) is 3. The third kappa shape index (κ3) is 1.86. The van der Waals surface area contributed by atoms with Crippen molar-refractivity contribution in [1.29, 1.82) is 0 Å². The standard InChI is InChI=1S/C10H11N3O/c1-3-7-6-8(10(14)13-11)4-5-9(7)12-2/h3-6H,1-2,11H2,(H,13,14). The molecule has 0 spiro atoms. The molecule has 3 N–H and O–H groups in total. The Morgan fingerprint density at radius 2 is 2.29 bits per heavy atom. The van der Waals surface area contributed by atoms with Gasteiger partial charge in [-0.1, -0.05) is 12.7 Å². The van der Waals surface area contributed by atoms with Crippen molar-refractivity contribution in [2.24, 2.45) is 10.8 Å². The molecule has 1 amide bonds. The topological polar surface area (TPSA) is 67.5 Å². The summed E-state index contributed by atoms with van der Waals surface area (Å²) in [6.07, 6.45) is 1.61. The molecule has 0 heterocycles. The van der Waals surface area contributed by atoms with E-state index in [2.05, 4.69) is 23.7 Å². The van der Waals surface area contributed by atoms with Crippen molar-refractivity contribution in [3.05, 3.63) is 35.9 Å². The summed E-state index contributed by atoms with van der Waals surface area (Å²) in [5, 5.41) is 0. The van der Waals surface area contributed by atoms with Crippen LogP contribution < -0.4 is 11.3 Å². The molecule has 0 atom stereocenters. The maximum absolute atomic E-state index is 11.2. The van der Waals surface area contributed by atoms with E-state index in [0.29, 0.717) is 11.3 Å². The van der Waals surface area contributed by atoms with E-state index >= 15 is 0 Å². The van der Waals surface area contributed by atoms with Gasteiger partial charge in [0.15, 0.2) is 0 Å². The number of nitrogens with zero attached hydrogens (tertiary/aromatic N) is 1. The number of nitrogens with one attached hydrogen (secondary N) is 1. The second-order valence-corrected chi connectivity index (χ2v) is 2.61. The lowest BCUT2D eigenvalue weighted by Gasteiger charge is -2.03. The molecule has 0 aliphatic heterocycles. The Labute approximate surface area is 82.1 Å². The molecule has 0 aromatic heterocycles. The first-order valence-electron chi connectivity index (χ1n) is 3.97. The number of benzene rings is 1. The van der Waals surface area contributed by atoms with E-state index in [-0.39, 0.29) is 5.91 Å². The van der Waals surface area contributed by atoms with Gasteiger partial charge in [0.25, 0.3) is 5.91 Å². The average Bonchev–Trinajstić information content (AvgIpc) is 2.26. The molecule has 1 aromatic rings. The Kier molecular flexibility index (Phi) is 3.14. The quantitative estimate of drug-likeness (QED) is 0.325. The summed E-state index contributed by atoms with van der Waals surface area (Å²) in [6, 6.07) is 4.97. The fraction of sp³-hybridized carbons (Fsp3) is 0. The number of hydrogen-bond donors (Lipinski definition) is 2. The van der Waals surface area contributed by atoms with E-state index in [9.17, 15) is 4.79 Å². The lowest BCUT2D eigenvalue weighted by atomic mass is 10.1. The van der Waals surface area contributed by atoms with Gasteiger partial charge in [0.2, 0.25) is 0 Å². The van der Waals surface area contributed by atoms with Crippen LogP contribution in [-0.2, 0) is 0 Å². The summed E-state index contributed by atoms with van der Waals surface area (Å²) < 4.78 is 0. The zero-order chi connectivity index (χ0) is 10.6. The van der Waals surface area contributed by atoms with Gasteiger partial charge in [0, 0.05) is 11.1 Å². The molecule has 0 bridgehead atoms. The van der Waals surface area contributed by atoms with Crippen molar-refractivity contribution in [2.75, 3.05) is 0 Å². The second kappa shape index (κ2) is 4.34. The molecule has 0 aliphatic carbocycles. The summed E-state index contributed by atoms with van der Waals surface area (Å²) >= 11 is 0. The van der Waals surface area contributed by atoms with Gasteiger partial charge in [0.1, 0.15) is 0 Å².